The van der Waals surface area contributed by atoms with Crippen molar-refractivity contribution in [2.75, 3.05) is 10.6 Å². The van der Waals surface area contributed by atoms with Gasteiger partial charge in [-0.3, -0.25) is 4.79 Å². The summed E-state index contributed by atoms with van der Waals surface area (Å²) in [5, 5.41) is 5.59. The molecule has 4 rings (SSSR count). The molecule has 2 aromatic carbocycles. The molecule has 1 amide bonds. The Hall–Kier alpha value is -3.81. The summed E-state index contributed by atoms with van der Waals surface area (Å²) in [5.74, 6) is -2.30. The molecule has 2 aliphatic heterocycles. The van der Waals surface area contributed by atoms with Crippen LogP contribution in [-0.2, 0) is 19.1 Å². The Morgan fingerprint density at radius 2 is 1.68 bits per heavy atom. The number of hydrogen-bond acceptors (Lipinski definition) is 7. The molecular formula is C20H16N2O6. The van der Waals surface area contributed by atoms with Crippen molar-refractivity contribution in [3.8, 4) is 11.5 Å². The van der Waals surface area contributed by atoms with Crippen molar-refractivity contribution >= 4 is 29.2 Å². The van der Waals surface area contributed by atoms with Gasteiger partial charge in [0.05, 0.1) is 11.3 Å². The van der Waals surface area contributed by atoms with E-state index in [1.54, 1.807) is 36.4 Å². The highest BCUT2D eigenvalue weighted by molar-refractivity contribution is 6.15. The van der Waals surface area contributed by atoms with Gasteiger partial charge >= 0.3 is 11.9 Å². The number of rotatable bonds is 2. The Morgan fingerprint density at radius 3 is 2.43 bits per heavy atom. The van der Waals surface area contributed by atoms with Gasteiger partial charge < -0.3 is 24.8 Å². The SMILES string of the molecule is CC1(C)OC(=O)C(=CNc2ccc3c(c2)C(=O)Nc2ccccc2O3)C(=O)O1. The van der Waals surface area contributed by atoms with Crippen LogP contribution in [0.4, 0.5) is 11.4 Å². The standard InChI is InChI=1S/C20H16N2O6/c1-20(2)27-18(24)13(19(25)28-20)10-21-11-7-8-15-12(9-11)17(23)22-14-5-3-4-6-16(14)26-15/h3-10,21H,1-2H3,(H,22,23). The Balaban J connectivity index is 1.59. The number of amides is 1. The number of nitrogens with one attached hydrogen (secondary N) is 2. The molecule has 0 saturated carbocycles. The zero-order chi connectivity index (χ0) is 19.9. The number of para-hydroxylation sites is 2. The van der Waals surface area contributed by atoms with E-state index in [1.807, 2.05) is 6.07 Å². The Kier molecular flexibility index (Phi) is 4.03. The second-order valence-corrected chi connectivity index (χ2v) is 6.64. The van der Waals surface area contributed by atoms with Gasteiger partial charge in [0.25, 0.3) is 11.7 Å². The molecule has 2 heterocycles. The van der Waals surface area contributed by atoms with Crippen LogP contribution in [0.1, 0.15) is 24.2 Å². The number of fused-ring (bicyclic) bond motifs is 2. The molecule has 28 heavy (non-hydrogen) atoms. The van der Waals surface area contributed by atoms with Crippen LogP contribution in [0.2, 0.25) is 0 Å². The molecule has 1 saturated heterocycles. The van der Waals surface area contributed by atoms with Gasteiger partial charge in [-0.2, -0.15) is 0 Å². The number of anilines is 2. The summed E-state index contributed by atoms with van der Waals surface area (Å²) < 4.78 is 15.9. The van der Waals surface area contributed by atoms with E-state index in [2.05, 4.69) is 10.6 Å². The largest absolute Gasteiger partial charge is 0.454 e. The quantitative estimate of drug-likeness (QED) is 0.469. The van der Waals surface area contributed by atoms with E-state index in [9.17, 15) is 14.4 Å². The first-order valence-electron chi connectivity index (χ1n) is 8.48. The number of hydrogen-bond donors (Lipinski definition) is 2. The molecule has 142 valence electrons. The average Bonchev–Trinajstić information content (AvgIpc) is 2.76. The Morgan fingerprint density at radius 1 is 0.964 bits per heavy atom. The third kappa shape index (κ3) is 3.27. The van der Waals surface area contributed by atoms with Gasteiger partial charge in [-0.05, 0) is 30.3 Å². The Bertz CT molecular complexity index is 1020. The third-order valence-corrected chi connectivity index (χ3v) is 4.08. The van der Waals surface area contributed by atoms with Crippen LogP contribution in [0.25, 0.3) is 0 Å². The molecule has 8 heteroatoms. The van der Waals surface area contributed by atoms with Crippen molar-refractivity contribution in [1.82, 2.24) is 0 Å². The topological polar surface area (TPSA) is 103 Å². The first-order chi connectivity index (χ1) is 13.3. The fourth-order valence-electron chi connectivity index (χ4n) is 2.79. The number of cyclic esters (lactones) is 2. The highest BCUT2D eigenvalue weighted by atomic mass is 16.7. The zero-order valence-electron chi connectivity index (χ0n) is 15.1. The van der Waals surface area contributed by atoms with Crippen LogP contribution in [0.5, 0.6) is 11.5 Å². The normalized spacial score (nSPS) is 17.1. The first kappa shape index (κ1) is 17.6. The van der Waals surface area contributed by atoms with Gasteiger partial charge in [0.15, 0.2) is 11.3 Å². The molecule has 2 N–H and O–H groups in total. The summed E-state index contributed by atoms with van der Waals surface area (Å²) in [4.78, 5) is 36.5. The lowest BCUT2D eigenvalue weighted by Crippen LogP contribution is -2.42. The minimum absolute atomic E-state index is 0.276. The number of carbonyl (C=O) groups is 3. The second-order valence-electron chi connectivity index (χ2n) is 6.64. The van der Waals surface area contributed by atoms with Gasteiger partial charge in [0, 0.05) is 25.7 Å². The zero-order valence-corrected chi connectivity index (χ0v) is 15.1. The minimum atomic E-state index is -1.31. The second kappa shape index (κ2) is 6.41. The lowest BCUT2D eigenvalue weighted by atomic mass is 10.1. The summed E-state index contributed by atoms with van der Waals surface area (Å²) in [7, 11) is 0. The minimum Gasteiger partial charge on any atom is -0.454 e. The maximum atomic E-state index is 12.5. The van der Waals surface area contributed by atoms with Crippen molar-refractivity contribution in [3.05, 3.63) is 59.8 Å². The third-order valence-electron chi connectivity index (χ3n) is 4.08. The fourth-order valence-corrected chi connectivity index (χ4v) is 2.79. The fraction of sp³-hybridized carbons (Fsp3) is 0.150. The molecular weight excluding hydrogens is 364 g/mol. The molecule has 0 aromatic heterocycles. The highest BCUT2D eigenvalue weighted by Gasteiger charge is 2.39. The molecule has 0 radical (unpaired) electrons. The van der Waals surface area contributed by atoms with Gasteiger partial charge in [-0.1, -0.05) is 12.1 Å². The summed E-state index contributed by atoms with van der Waals surface area (Å²) in [6.07, 6.45) is 1.19. The predicted molar refractivity (Wildman–Crippen MR) is 98.9 cm³/mol. The number of ether oxygens (including phenoxy) is 3. The van der Waals surface area contributed by atoms with Crippen molar-refractivity contribution in [2.45, 2.75) is 19.6 Å². The van der Waals surface area contributed by atoms with E-state index < -0.39 is 17.7 Å². The Labute approximate surface area is 160 Å². The summed E-state index contributed by atoms with van der Waals surface area (Å²) >= 11 is 0. The monoisotopic (exact) mass is 380 g/mol. The van der Waals surface area contributed by atoms with E-state index in [-0.39, 0.29) is 11.5 Å². The van der Waals surface area contributed by atoms with Crippen LogP contribution in [0.3, 0.4) is 0 Å². The maximum absolute atomic E-state index is 12.5. The van der Waals surface area contributed by atoms with Crippen LogP contribution < -0.4 is 15.4 Å². The predicted octanol–water partition coefficient (Wildman–Crippen LogP) is 3.18. The molecule has 2 aromatic rings. The van der Waals surface area contributed by atoms with Gasteiger partial charge in [0.2, 0.25) is 0 Å². The van der Waals surface area contributed by atoms with Crippen LogP contribution in [0, 0.1) is 0 Å². The summed E-state index contributed by atoms with van der Waals surface area (Å²) in [6.45, 7) is 2.94. The van der Waals surface area contributed by atoms with E-state index in [1.165, 1.54) is 20.0 Å². The molecule has 1 fully saturated rings. The van der Waals surface area contributed by atoms with Gasteiger partial charge in [0.1, 0.15) is 5.75 Å². The van der Waals surface area contributed by atoms with Crippen molar-refractivity contribution in [3.63, 3.8) is 0 Å². The van der Waals surface area contributed by atoms with Crippen LogP contribution in [-0.4, -0.2) is 23.6 Å². The van der Waals surface area contributed by atoms with Gasteiger partial charge in [-0.25, -0.2) is 9.59 Å². The molecule has 0 spiro atoms. The van der Waals surface area contributed by atoms with E-state index >= 15 is 0 Å². The summed E-state index contributed by atoms with van der Waals surface area (Å²) in [5.41, 5.74) is 1.06. The number of esters is 2. The molecule has 0 aliphatic carbocycles. The van der Waals surface area contributed by atoms with E-state index in [0.717, 1.165) is 0 Å². The molecule has 2 aliphatic rings. The van der Waals surface area contributed by atoms with Gasteiger partial charge in [-0.15, -0.1) is 0 Å². The first-order valence-corrected chi connectivity index (χ1v) is 8.48. The average molecular weight is 380 g/mol. The van der Waals surface area contributed by atoms with E-state index in [0.29, 0.717) is 28.4 Å². The van der Waals surface area contributed by atoms with Crippen molar-refractivity contribution < 1.29 is 28.6 Å². The number of carbonyl (C=O) groups excluding carboxylic acids is 3. The van der Waals surface area contributed by atoms with Crippen molar-refractivity contribution in [1.29, 1.82) is 0 Å². The summed E-state index contributed by atoms with van der Waals surface area (Å²) in [6, 6.07) is 11.9. The van der Waals surface area contributed by atoms with Crippen LogP contribution >= 0.6 is 0 Å². The molecule has 8 nitrogen and oxygen atoms in total. The van der Waals surface area contributed by atoms with E-state index in [4.69, 9.17) is 14.2 Å². The molecule has 0 bridgehead atoms. The van der Waals surface area contributed by atoms with Crippen molar-refractivity contribution in [2.24, 2.45) is 0 Å². The highest BCUT2D eigenvalue weighted by Crippen LogP contribution is 2.36. The molecule has 0 unspecified atom stereocenters. The lowest BCUT2D eigenvalue weighted by Gasteiger charge is -2.29. The van der Waals surface area contributed by atoms with Crippen LogP contribution in [0.15, 0.2) is 54.2 Å². The number of benzene rings is 2. The lowest BCUT2D eigenvalue weighted by molar-refractivity contribution is -0.222. The smallest absolute Gasteiger partial charge is 0.350 e. The maximum Gasteiger partial charge on any atom is 0.350 e. The molecule has 0 atom stereocenters.